The van der Waals surface area contributed by atoms with E-state index in [1.165, 1.54) is 25.3 Å². The maximum absolute atomic E-state index is 12.6. The molecule has 0 aliphatic rings. The predicted octanol–water partition coefficient (Wildman–Crippen LogP) is 3.51. The van der Waals surface area contributed by atoms with Gasteiger partial charge in [0, 0.05) is 0 Å². The third kappa shape index (κ3) is 4.01. The summed E-state index contributed by atoms with van der Waals surface area (Å²) in [4.78, 5) is 12.0. The molecular weight excluding hydrogens is 313 g/mol. The number of aliphatic hydroxyl groups excluding tert-OH is 1. The van der Waals surface area contributed by atoms with Crippen molar-refractivity contribution in [1.82, 2.24) is 0 Å². The van der Waals surface area contributed by atoms with Crippen LogP contribution in [-0.2, 0) is 0 Å². The minimum absolute atomic E-state index is 0.0763. The zero-order valence-electron chi connectivity index (χ0n) is 12.0. The van der Waals surface area contributed by atoms with Crippen LogP contribution in [0.2, 0.25) is 0 Å². The van der Waals surface area contributed by atoms with Crippen LogP contribution in [0.1, 0.15) is 22.0 Å². The largest absolute Gasteiger partial charge is 0.493 e. The van der Waals surface area contributed by atoms with Crippen LogP contribution in [0, 0.1) is 0 Å². The molecule has 2 rings (SSSR count). The topological polar surface area (TPSA) is 55.8 Å². The maximum atomic E-state index is 12.6. The molecule has 4 nitrogen and oxygen atoms in total. The Bertz CT molecular complexity index is 683. The van der Waals surface area contributed by atoms with E-state index in [2.05, 4.69) is 0 Å². The van der Waals surface area contributed by atoms with Gasteiger partial charge in [0.05, 0.1) is 12.7 Å². The lowest BCUT2D eigenvalue weighted by Crippen LogP contribution is -2.20. The van der Waals surface area contributed by atoms with Crippen molar-refractivity contribution in [3.05, 3.63) is 59.7 Å². The van der Waals surface area contributed by atoms with Gasteiger partial charge >= 0.3 is 12.1 Å². The summed E-state index contributed by atoms with van der Waals surface area (Å²) >= 11 is 0. The highest BCUT2D eigenvalue weighted by Gasteiger charge is 2.39. The van der Waals surface area contributed by atoms with E-state index in [1.807, 2.05) is 0 Å². The summed E-state index contributed by atoms with van der Waals surface area (Å²) in [6, 6.07) is 11.1. The zero-order valence-corrected chi connectivity index (χ0v) is 12.0. The van der Waals surface area contributed by atoms with Crippen LogP contribution in [0.25, 0.3) is 0 Å². The molecule has 0 radical (unpaired) electrons. The average molecular weight is 326 g/mol. The number of esters is 1. The van der Waals surface area contributed by atoms with Crippen LogP contribution < -0.4 is 9.47 Å². The molecule has 0 aromatic heterocycles. The van der Waals surface area contributed by atoms with E-state index in [0.717, 1.165) is 12.1 Å². The Morgan fingerprint density at radius 1 is 1.09 bits per heavy atom. The quantitative estimate of drug-likeness (QED) is 0.690. The van der Waals surface area contributed by atoms with Crippen molar-refractivity contribution in [3.8, 4) is 11.5 Å². The summed E-state index contributed by atoms with van der Waals surface area (Å²) in [6.45, 7) is 0. The molecule has 0 saturated heterocycles. The molecule has 0 bridgehead atoms. The number of halogens is 3. The molecule has 0 saturated carbocycles. The fourth-order valence-corrected chi connectivity index (χ4v) is 1.87. The highest BCUT2D eigenvalue weighted by molar-refractivity contribution is 5.91. The molecule has 0 unspecified atom stereocenters. The fourth-order valence-electron chi connectivity index (χ4n) is 1.87. The Morgan fingerprint density at radius 3 is 2.30 bits per heavy atom. The van der Waals surface area contributed by atoms with Gasteiger partial charge in [0.25, 0.3) is 0 Å². The number of benzene rings is 2. The molecule has 122 valence electrons. The molecule has 0 heterocycles. The number of ether oxygens (including phenoxy) is 2. The maximum Gasteiger partial charge on any atom is 0.418 e. The summed E-state index contributed by atoms with van der Waals surface area (Å²) in [5.41, 5.74) is -0.217. The molecule has 0 spiro atoms. The van der Waals surface area contributed by atoms with Crippen molar-refractivity contribution in [2.24, 2.45) is 0 Å². The second kappa shape index (κ2) is 6.70. The van der Waals surface area contributed by atoms with Gasteiger partial charge in [0.2, 0.25) is 0 Å². The lowest BCUT2D eigenvalue weighted by Gasteiger charge is -2.17. The molecule has 1 atom stereocenters. The van der Waals surface area contributed by atoms with Crippen LogP contribution in [0.15, 0.2) is 48.5 Å². The van der Waals surface area contributed by atoms with Crippen molar-refractivity contribution < 1.29 is 32.5 Å². The summed E-state index contributed by atoms with van der Waals surface area (Å²) in [7, 11) is 1.29. The van der Waals surface area contributed by atoms with E-state index in [9.17, 15) is 23.1 Å². The lowest BCUT2D eigenvalue weighted by molar-refractivity contribution is -0.206. The van der Waals surface area contributed by atoms with Crippen molar-refractivity contribution >= 4 is 5.97 Å². The molecule has 23 heavy (non-hydrogen) atoms. The number of carbonyl (C=O) groups excluding carboxylic acids is 1. The third-order valence-electron chi connectivity index (χ3n) is 3.03. The zero-order chi connectivity index (χ0) is 17.0. The standard InChI is InChI=1S/C16H13F3O4/c1-22-12-8-7-11(14(20)16(17,18)19)9-13(12)23-15(21)10-5-3-2-4-6-10/h2-9,14,20H,1H3/t14-/m1/s1. The van der Waals surface area contributed by atoms with Crippen LogP contribution in [-0.4, -0.2) is 24.4 Å². The Kier molecular flexibility index (Phi) is 4.90. The molecule has 2 aromatic rings. The third-order valence-corrected chi connectivity index (χ3v) is 3.03. The second-order valence-electron chi connectivity index (χ2n) is 4.61. The summed E-state index contributed by atoms with van der Waals surface area (Å²) in [5, 5.41) is 9.29. The van der Waals surface area contributed by atoms with E-state index >= 15 is 0 Å². The summed E-state index contributed by atoms with van der Waals surface area (Å²) < 4.78 is 47.8. The van der Waals surface area contributed by atoms with Crippen molar-refractivity contribution in [1.29, 1.82) is 0 Å². The molecule has 1 N–H and O–H groups in total. The highest BCUT2D eigenvalue weighted by atomic mass is 19.4. The normalized spacial score (nSPS) is 12.6. The first kappa shape index (κ1) is 16.8. The van der Waals surface area contributed by atoms with Crippen molar-refractivity contribution in [3.63, 3.8) is 0 Å². The van der Waals surface area contributed by atoms with Gasteiger partial charge in [0.15, 0.2) is 17.6 Å². The number of methoxy groups -OCH3 is 1. The van der Waals surface area contributed by atoms with E-state index in [-0.39, 0.29) is 17.1 Å². The monoisotopic (exact) mass is 326 g/mol. The Labute approximate surface area is 130 Å². The van der Waals surface area contributed by atoms with E-state index in [1.54, 1.807) is 18.2 Å². The Morgan fingerprint density at radius 2 is 1.74 bits per heavy atom. The van der Waals surface area contributed by atoms with Gasteiger partial charge in [-0.3, -0.25) is 0 Å². The van der Waals surface area contributed by atoms with Crippen LogP contribution in [0.4, 0.5) is 13.2 Å². The average Bonchev–Trinajstić information content (AvgIpc) is 2.54. The van der Waals surface area contributed by atoms with Gasteiger partial charge in [-0.2, -0.15) is 13.2 Å². The number of aliphatic hydroxyl groups is 1. The Hall–Kier alpha value is -2.54. The predicted molar refractivity (Wildman–Crippen MR) is 75.4 cm³/mol. The highest BCUT2D eigenvalue weighted by Crippen LogP contribution is 2.37. The molecule has 7 heteroatoms. The molecule has 0 aliphatic heterocycles. The number of hydrogen-bond acceptors (Lipinski definition) is 4. The van der Waals surface area contributed by atoms with Crippen LogP contribution in [0.3, 0.4) is 0 Å². The van der Waals surface area contributed by atoms with Crippen molar-refractivity contribution in [2.45, 2.75) is 12.3 Å². The van der Waals surface area contributed by atoms with Gasteiger partial charge in [-0.15, -0.1) is 0 Å². The first-order chi connectivity index (χ1) is 10.8. The minimum Gasteiger partial charge on any atom is -0.493 e. The van der Waals surface area contributed by atoms with Gasteiger partial charge < -0.3 is 14.6 Å². The summed E-state index contributed by atoms with van der Waals surface area (Å²) in [6.07, 6.45) is -7.50. The molecule has 0 aliphatic carbocycles. The molecule has 0 amide bonds. The fraction of sp³-hybridized carbons (Fsp3) is 0.188. The van der Waals surface area contributed by atoms with Gasteiger partial charge in [-0.1, -0.05) is 24.3 Å². The number of hydrogen-bond donors (Lipinski definition) is 1. The molecular formula is C16H13F3O4. The van der Waals surface area contributed by atoms with Gasteiger partial charge in [-0.05, 0) is 29.8 Å². The van der Waals surface area contributed by atoms with Crippen LogP contribution in [0.5, 0.6) is 11.5 Å². The summed E-state index contributed by atoms with van der Waals surface area (Å²) in [5.74, 6) is -0.878. The van der Waals surface area contributed by atoms with Gasteiger partial charge in [-0.25, -0.2) is 4.79 Å². The Balaban J connectivity index is 2.31. The first-order valence-electron chi connectivity index (χ1n) is 6.53. The SMILES string of the molecule is COc1ccc([C@@H](O)C(F)(F)F)cc1OC(=O)c1ccccc1. The lowest BCUT2D eigenvalue weighted by atomic mass is 10.1. The first-order valence-corrected chi connectivity index (χ1v) is 6.53. The van der Waals surface area contributed by atoms with Gasteiger partial charge in [0.1, 0.15) is 0 Å². The second-order valence-corrected chi connectivity index (χ2v) is 4.61. The number of rotatable bonds is 4. The number of alkyl halides is 3. The molecule has 2 aromatic carbocycles. The smallest absolute Gasteiger partial charge is 0.418 e. The van der Waals surface area contributed by atoms with E-state index in [0.29, 0.717) is 0 Å². The minimum atomic E-state index is -4.82. The van der Waals surface area contributed by atoms with Crippen LogP contribution >= 0.6 is 0 Å². The number of carbonyl (C=O) groups is 1. The van der Waals surface area contributed by atoms with E-state index < -0.39 is 23.8 Å². The van der Waals surface area contributed by atoms with Crippen molar-refractivity contribution in [2.75, 3.05) is 7.11 Å². The molecule has 0 fully saturated rings. The van der Waals surface area contributed by atoms with E-state index in [4.69, 9.17) is 9.47 Å².